The molecule has 0 atom stereocenters. The molecule has 3 heteroatoms. The number of anilines is 3. The van der Waals surface area contributed by atoms with Gasteiger partial charge in [0.25, 0.3) is 0 Å². The van der Waals surface area contributed by atoms with Crippen molar-refractivity contribution in [2.45, 2.75) is 0 Å². The Morgan fingerprint density at radius 2 is 0.847 bits per heavy atom. The van der Waals surface area contributed by atoms with Crippen molar-refractivity contribution in [1.29, 1.82) is 0 Å². The van der Waals surface area contributed by atoms with Gasteiger partial charge in [0.05, 0.1) is 16.8 Å². The summed E-state index contributed by atoms with van der Waals surface area (Å²) >= 11 is 0. The first kappa shape index (κ1) is 33.3. The minimum Gasteiger partial charge on any atom is -0.456 e. The molecule has 59 heavy (non-hydrogen) atoms. The van der Waals surface area contributed by atoms with Crippen molar-refractivity contribution in [3.05, 3.63) is 212 Å². The van der Waals surface area contributed by atoms with Gasteiger partial charge in [-0.05, 0) is 116 Å². The van der Waals surface area contributed by atoms with Gasteiger partial charge < -0.3 is 13.7 Å². The van der Waals surface area contributed by atoms with Crippen molar-refractivity contribution in [3.63, 3.8) is 0 Å². The summed E-state index contributed by atoms with van der Waals surface area (Å²) in [6.07, 6.45) is 0. The van der Waals surface area contributed by atoms with Crippen molar-refractivity contribution < 1.29 is 8.83 Å². The summed E-state index contributed by atoms with van der Waals surface area (Å²) in [7, 11) is 0. The normalized spacial score (nSPS) is 11.7. The van der Waals surface area contributed by atoms with E-state index in [2.05, 4.69) is 205 Å². The van der Waals surface area contributed by atoms with Crippen LogP contribution in [-0.4, -0.2) is 0 Å². The van der Waals surface area contributed by atoms with Gasteiger partial charge in [0.1, 0.15) is 22.3 Å². The molecule has 12 aromatic rings. The number of hydrogen-bond donors (Lipinski definition) is 0. The van der Waals surface area contributed by atoms with Gasteiger partial charge in [0.2, 0.25) is 0 Å². The third kappa shape index (κ3) is 5.51. The van der Waals surface area contributed by atoms with Crippen molar-refractivity contribution in [2.75, 3.05) is 4.90 Å². The van der Waals surface area contributed by atoms with Gasteiger partial charge in [-0.25, -0.2) is 0 Å². The summed E-state index contributed by atoms with van der Waals surface area (Å²) in [5.74, 6) is 0. The Balaban J connectivity index is 1.04. The smallest absolute Gasteiger partial charge is 0.137 e. The number of benzene rings is 10. The van der Waals surface area contributed by atoms with Gasteiger partial charge in [-0.15, -0.1) is 0 Å². The topological polar surface area (TPSA) is 29.5 Å². The molecule has 0 saturated heterocycles. The van der Waals surface area contributed by atoms with Gasteiger partial charge in [-0.1, -0.05) is 146 Å². The first-order valence-electron chi connectivity index (χ1n) is 20.1. The second-order valence-electron chi connectivity index (χ2n) is 15.3. The van der Waals surface area contributed by atoms with E-state index >= 15 is 0 Å². The van der Waals surface area contributed by atoms with E-state index in [-0.39, 0.29) is 0 Å². The maximum Gasteiger partial charge on any atom is 0.137 e. The Morgan fingerprint density at radius 3 is 1.69 bits per heavy atom. The second kappa shape index (κ2) is 13.4. The molecule has 0 spiro atoms. The highest BCUT2D eigenvalue weighted by atomic mass is 16.3. The Kier molecular flexibility index (Phi) is 7.54. The van der Waals surface area contributed by atoms with Gasteiger partial charge in [0.15, 0.2) is 0 Å². The lowest BCUT2D eigenvalue weighted by Crippen LogP contribution is -2.11. The van der Waals surface area contributed by atoms with Crippen LogP contribution in [0.3, 0.4) is 0 Å². The van der Waals surface area contributed by atoms with Crippen LogP contribution in [0, 0.1) is 0 Å². The van der Waals surface area contributed by atoms with Crippen molar-refractivity contribution >= 4 is 82.5 Å². The third-order valence-corrected chi connectivity index (χ3v) is 11.8. The Bertz CT molecular complexity index is 3570. The molecular formula is C56H35NO2. The summed E-state index contributed by atoms with van der Waals surface area (Å²) < 4.78 is 13.0. The summed E-state index contributed by atoms with van der Waals surface area (Å²) in [4.78, 5) is 2.39. The lowest BCUT2D eigenvalue weighted by atomic mass is 9.95. The zero-order valence-electron chi connectivity index (χ0n) is 32.0. The SMILES string of the molecule is c1cc(-c2ccc(N(c3ccccc3-c3cccc4oc5cc6ccccc6cc5c34)c3cccc4oc5ccccc5c34)cc2)cc(-c2ccc3ccccc3c2)c1. The van der Waals surface area contributed by atoms with E-state index in [0.717, 1.165) is 83.0 Å². The summed E-state index contributed by atoms with van der Waals surface area (Å²) in [5, 5.41) is 9.21. The number of nitrogens with zero attached hydrogens (tertiary/aromatic N) is 1. The first-order valence-corrected chi connectivity index (χ1v) is 20.1. The Hall–Kier alpha value is -7.88. The van der Waals surface area contributed by atoms with E-state index in [1.807, 2.05) is 12.1 Å². The van der Waals surface area contributed by atoms with Gasteiger partial charge in [-0.3, -0.25) is 0 Å². The molecule has 0 aliphatic rings. The number of furan rings is 2. The lowest BCUT2D eigenvalue weighted by molar-refractivity contribution is 0.669. The van der Waals surface area contributed by atoms with Crippen LogP contribution < -0.4 is 4.90 Å². The monoisotopic (exact) mass is 753 g/mol. The molecule has 2 heterocycles. The minimum atomic E-state index is 0.850. The molecule has 0 bridgehead atoms. The highest BCUT2D eigenvalue weighted by Gasteiger charge is 2.23. The van der Waals surface area contributed by atoms with Crippen molar-refractivity contribution in [2.24, 2.45) is 0 Å². The van der Waals surface area contributed by atoms with E-state index < -0.39 is 0 Å². The molecule has 10 aromatic carbocycles. The maximum absolute atomic E-state index is 6.57. The number of rotatable bonds is 6. The molecule has 0 fully saturated rings. The largest absolute Gasteiger partial charge is 0.456 e. The number of fused-ring (bicyclic) bond motifs is 8. The van der Waals surface area contributed by atoms with Crippen LogP contribution >= 0.6 is 0 Å². The molecule has 3 nitrogen and oxygen atoms in total. The molecular weight excluding hydrogens is 719 g/mol. The summed E-state index contributed by atoms with van der Waals surface area (Å²) in [5.41, 5.74) is 13.5. The van der Waals surface area contributed by atoms with Crippen LogP contribution in [-0.2, 0) is 0 Å². The molecule has 0 radical (unpaired) electrons. The highest BCUT2D eigenvalue weighted by Crippen LogP contribution is 2.48. The highest BCUT2D eigenvalue weighted by molar-refractivity contribution is 6.18. The van der Waals surface area contributed by atoms with E-state index in [1.165, 1.54) is 32.8 Å². The third-order valence-electron chi connectivity index (χ3n) is 11.8. The quantitative estimate of drug-likeness (QED) is 0.169. The molecule has 2 aromatic heterocycles. The van der Waals surface area contributed by atoms with Crippen LogP contribution in [0.15, 0.2) is 221 Å². The molecule has 0 unspecified atom stereocenters. The molecule has 0 amide bonds. The van der Waals surface area contributed by atoms with Gasteiger partial charge >= 0.3 is 0 Å². The molecule has 0 aliphatic heterocycles. The average Bonchev–Trinajstić information content (AvgIpc) is 3.87. The van der Waals surface area contributed by atoms with Crippen LogP contribution in [0.1, 0.15) is 0 Å². The number of para-hydroxylation sites is 2. The van der Waals surface area contributed by atoms with Crippen LogP contribution in [0.5, 0.6) is 0 Å². The lowest BCUT2D eigenvalue weighted by Gasteiger charge is -2.29. The predicted octanol–water partition coefficient (Wildman–Crippen LogP) is 16.3. The predicted molar refractivity (Wildman–Crippen MR) is 247 cm³/mol. The fraction of sp³-hybridized carbons (Fsp3) is 0. The van der Waals surface area contributed by atoms with Crippen LogP contribution in [0.25, 0.3) is 98.8 Å². The Morgan fingerprint density at radius 1 is 0.288 bits per heavy atom. The van der Waals surface area contributed by atoms with E-state index in [1.54, 1.807) is 0 Å². The standard InChI is InChI=1S/C56H35NO2/c1-2-13-38-33-43(27-26-36(38)12-1)40-17-9-16-39(32-40)37-28-30-44(31-29-37)57(50-22-11-25-53-56(50)47-19-6-8-23-51(47)58-53)49-21-7-5-18-45(49)46-20-10-24-52-55(46)48-34-41-14-3-4-15-42(41)35-54(48)59-52/h1-35H. The second-order valence-corrected chi connectivity index (χ2v) is 15.3. The van der Waals surface area contributed by atoms with Gasteiger partial charge in [-0.2, -0.15) is 0 Å². The minimum absolute atomic E-state index is 0.850. The average molecular weight is 754 g/mol. The maximum atomic E-state index is 6.57. The van der Waals surface area contributed by atoms with Crippen LogP contribution in [0.4, 0.5) is 17.1 Å². The number of hydrogen-bond acceptors (Lipinski definition) is 3. The summed E-state index contributed by atoms with van der Waals surface area (Å²) in [6.45, 7) is 0. The zero-order chi connectivity index (χ0) is 38.9. The zero-order valence-corrected chi connectivity index (χ0v) is 32.0. The fourth-order valence-corrected chi connectivity index (χ4v) is 9.03. The fourth-order valence-electron chi connectivity index (χ4n) is 9.03. The van der Waals surface area contributed by atoms with Crippen molar-refractivity contribution in [3.8, 4) is 33.4 Å². The van der Waals surface area contributed by atoms with Crippen LogP contribution in [0.2, 0.25) is 0 Å². The molecule has 0 N–H and O–H groups in total. The molecule has 12 rings (SSSR count). The van der Waals surface area contributed by atoms with E-state index in [9.17, 15) is 0 Å². The molecule has 0 aliphatic carbocycles. The summed E-state index contributed by atoms with van der Waals surface area (Å²) in [6, 6.07) is 75.8. The van der Waals surface area contributed by atoms with Crippen molar-refractivity contribution in [1.82, 2.24) is 0 Å². The molecule has 0 saturated carbocycles. The Labute approximate surface area is 340 Å². The molecule has 276 valence electrons. The first-order chi connectivity index (χ1) is 29.2. The van der Waals surface area contributed by atoms with Gasteiger partial charge in [0, 0.05) is 27.4 Å². The van der Waals surface area contributed by atoms with E-state index in [4.69, 9.17) is 8.83 Å². The van der Waals surface area contributed by atoms with E-state index in [0.29, 0.717) is 0 Å².